The zero-order valence-electron chi connectivity index (χ0n) is 19.2. The SMILES string of the molecule is CN(Cc1ccccc1)C1CC(C(=O)Nc2ccc(Cl)cc2)CN(C(=O)OC(C)(C)C)C1. The summed E-state index contributed by atoms with van der Waals surface area (Å²) in [5.74, 6) is -0.464. The highest BCUT2D eigenvalue weighted by Gasteiger charge is 2.37. The standard InChI is InChI=1S/C25H32ClN3O3/c1-25(2,3)32-24(31)29-16-19(23(30)27-21-12-10-20(26)11-13-21)14-22(17-29)28(4)15-18-8-6-5-7-9-18/h5-13,19,22H,14-17H2,1-4H3,(H,27,30). The Hall–Kier alpha value is -2.57. The van der Waals surface area contributed by atoms with Crippen molar-refractivity contribution in [3.05, 3.63) is 65.2 Å². The van der Waals surface area contributed by atoms with Crippen molar-refractivity contribution in [3.63, 3.8) is 0 Å². The van der Waals surface area contributed by atoms with Gasteiger partial charge in [0.2, 0.25) is 5.91 Å². The maximum atomic E-state index is 13.1. The Morgan fingerprint density at radius 1 is 1.09 bits per heavy atom. The molecule has 2 amide bonds. The van der Waals surface area contributed by atoms with E-state index in [9.17, 15) is 9.59 Å². The molecule has 0 aliphatic carbocycles. The largest absolute Gasteiger partial charge is 0.444 e. The quantitative estimate of drug-likeness (QED) is 0.683. The van der Waals surface area contributed by atoms with Gasteiger partial charge in [-0.15, -0.1) is 0 Å². The van der Waals surface area contributed by atoms with E-state index in [0.29, 0.717) is 30.2 Å². The molecule has 2 aromatic rings. The second kappa shape index (κ2) is 10.4. The maximum Gasteiger partial charge on any atom is 0.410 e. The predicted octanol–water partition coefficient (Wildman–Crippen LogP) is 5.04. The van der Waals surface area contributed by atoms with E-state index in [1.165, 1.54) is 5.56 Å². The van der Waals surface area contributed by atoms with E-state index in [1.54, 1.807) is 29.2 Å². The number of carbonyl (C=O) groups excluding carboxylic acids is 2. The van der Waals surface area contributed by atoms with Crippen molar-refractivity contribution in [1.82, 2.24) is 9.80 Å². The van der Waals surface area contributed by atoms with Gasteiger partial charge in [-0.2, -0.15) is 0 Å². The number of halogens is 1. The molecule has 0 bridgehead atoms. The first-order valence-corrected chi connectivity index (χ1v) is 11.3. The highest BCUT2D eigenvalue weighted by molar-refractivity contribution is 6.30. The summed E-state index contributed by atoms with van der Waals surface area (Å²) < 4.78 is 5.61. The normalized spacial score (nSPS) is 19.0. The van der Waals surface area contributed by atoms with Crippen molar-refractivity contribution in [2.45, 2.75) is 45.4 Å². The molecule has 7 heteroatoms. The van der Waals surface area contributed by atoms with Crippen molar-refractivity contribution in [1.29, 1.82) is 0 Å². The van der Waals surface area contributed by atoms with Gasteiger partial charge in [-0.1, -0.05) is 41.9 Å². The van der Waals surface area contributed by atoms with Crippen molar-refractivity contribution in [2.75, 3.05) is 25.5 Å². The van der Waals surface area contributed by atoms with E-state index < -0.39 is 5.60 Å². The summed E-state index contributed by atoms with van der Waals surface area (Å²) in [7, 11) is 2.03. The molecule has 1 aliphatic rings. The zero-order chi connectivity index (χ0) is 23.3. The number of nitrogens with one attached hydrogen (secondary N) is 1. The number of benzene rings is 2. The van der Waals surface area contributed by atoms with E-state index in [2.05, 4.69) is 22.3 Å². The van der Waals surface area contributed by atoms with E-state index in [-0.39, 0.29) is 24.0 Å². The van der Waals surface area contributed by atoms with Crippen LogP contribution in [0.4, 0.5) is 10.5 Å². The first-order valence-electron chi connectivity index (χ1n) is 10.9. The molecule has 1 N–H and O–H groups in total. The minimum Gasteiger partial charge on any atom is -0.444 e. The maximum absolute atomic E-state index is 13.1. The van der Waals surface area contributed by atoms with E-state index >= 15 is 0 Å². The molecule has 2 atom stereocenters. The van der Waals surface area contributed by atoms with Crippen LogP contribution in [0.1, 0.15) is 32.8 Å². The van der Waals surface area contributed by atoms with Gasteiger partial charge in [0.05, 0.1) is 5.92 Å². The molecule has 1 fully saturated rings. The average molecular weight is 458 g/mol. The average Bonchev–Trinajstić information content (AvgIpc) is 2.74. The fraction of sp³-hybridized carbons (Fsp3) is 0.440. The van der Waals surface area contributed by atoms with Crippen LogP contribution < -0.4 is 5.32 Å². The molecule has 2 unspecified atom stereocenters. The molecule has 1 heterocycles. The summed E-state index contributed by atoms with van der Waals surface area (Å²) in [4.78, 5) is 29.8. The molecule has 172 valence electrons. The van der Waals surface area contributed by atoms with Gasteiger partial charge < -0.3 is 15.0 Å². The van der Waals surface area contributed by atoms with E-state index in [4.69, 9.17) is 16.3 Å². The summed E-state index contributed by atoms with van der Waals surface area (Å²) in [5.41, 5.74) is 1.27. The Labute approximate surface area is 195 Å². The smallest absolute Gasteiger partial charge is 0.410 e. The molecular weight excluding hydrogens is 426 g/mol. The molecule has 32 heavy (non-hydrogen) atoms. The van der Waals surface area contributed by atoms with Crippen LogP contribution in [0.2, 0.25) is 5.02 Å². The van der Waals surface area contributed by atoms with Crippen molar-refractivity contribution in [3.8, 4) is 0 Å². The highest BCUT2D eigenvalue weighted by Crippen LogP contribution is 2.25. The number of rotatable bonds is 5. The van der Waals surface area contributed by atoms with Crippen molar-refractivity contribution >= 4 is 29.3 Å². The molecule has 3 rings (SSSR count). The molecule has 0 spiro atoms. The number of hydrogen-bond acceptors (Lipinski definition) is 4. The zero-order valence-corrected chi connectivity index (χ0v) is 19.9. The Balaban J connectivity index is 1.74. The fourth-order valence-corrected chi connectivity index (χ4v) is 3.96. The van der Waals surface area contributed by atoms with Crippen LogP contribution in [0.5, 0.6) is 0 Å². The van der Waals surface area contributed by atoms with E-state index in [0.717, 1.165) is 6.54 Å². The third-order valence-corrected chi connectivity index (χ3v) is 5.71. The van der Waals surface area contributed by atoms with Crippen molar-refractivity contribution in [2.24, 2.45) is 5.92 Å². The van der Waals surface area contributed by atoms with Gasteiger partial charge in [0.1, 0.15) is 5.60 Å². The topological polar surface area (TPSA) is 61.9 Å². The minimum atomic E-state index is -0.596. The Kier molecular flexibility index (Phi) is 7.80. The fourth-order valence-electron chi connectivity index (χ4n) is 3.84. The predicted molar refractivity (Wildman–Crippen MR) is 128 cm³/mol. The molecule has 1 saturated heterocycles. The molecule has 1 aliphatic heterocycles. The number of likely N-dealkylation sites (N-methyl/N-ethyl adjacent to an activating group) is 1. The summed E-state index contributed by atoms with van der Waals surface area (Å²) in [5, 5.41) is 3.57. The first kappa shape index (κ1) is 24.1. The lowest BCUT2D eigenvalue weighted by molar-refractivity contribution is -0.122. The van der Waals surface area contributed by atoms with Crippen LogP contribution in [0.15, 0.2) is 54.6 Å². The van der Waals surface area contributed by atoms with Crippen LogP contribution >= 0.6 is 11.6 Å². The summed E-state index contributed by atoms with van der Waals surface area (Å²) >= 11 is 5.95. The van der Waals surface area contributed by atoms with Gasteiger partial charge in [0.25, 0.3) is 0 Å². The lowest BCUT2D eigenvalue weighted by atomic mass is 9.92. The van der Waals surface area contributed by atoms with Crippen LogP contribution in [-0.2, 0) is 16.1 Å². The van der Waals surface area contributed by atoms with Crippen LogP contribution in [-0.4, -0.2) is 53.6 Å². The molecule has 2 aromatic carbocycles. The Bertz CT molecular complexity index is 912. The second-order valence-corrected chi connectivity index (χ2v) is 9.81. The number of carbonyl (C=O) groups is 2. The Morgan fingerprint density at radius 3 is 2.38 bits per heavy atom. The van der Waals surface area contributed by atoms with Gasteiger partial charge in [0, 0.05) is 36.4 Å². The van der Waals surface area contributed by atoms with Crippen LogP contribution in [0.25, 0.3) is 0 Å². The lowest BCUT2D eigenvalue weighted by Crippen LogP contribution is -2.54. The summed E-state index contributed by atoms with van der Waals surface area (Å²) in [6.45, 7) is 7.11. The number of piperidine rings is 1. The van der Waals surface area contributed by atoms with Crippen LogP contribution in [0.3, 0.4) is 0 Å². The first-order chi connectivity index (χ1) is 15.1. The molecule has 6 nitrogen and oxygen atoms in total. The number of likely N-dealkylation sites (tertiary alicyclic amines) is 1. The van der Waals surface area contributed by atoms with Crippen LogP contribution in [0, 0.1) is 5.92 Å². The molecule has 0 radical (unpaired) electrons. The minimum absolute atomic E-state index is 0.0254. The Morgan fingerprint density at radius 2 is 1.75 bits per heavy atom. The third-order valence-electron chi connectivity index (χ3n) is 5.46. The monoisotopic (exact) mass is 457 g/mol. The van der Waals surface area contributed by atoms with Gasteiger partial charge in [-0.3, -0.25) is 9.69 Å². The molecular formula is C25H32ClN3O3. The van der Waals surface area contributed by atoms with Gasteiger partial charge in [-0.25, -0.2) is 4.79 Å². The molecule has 0 aromatic heterocycles. The third kappa shape index (κ3) is 6.97. The van der Waals surface area contributed by atoms with E-state index in [1.807, 2.05) is 46.0 Å². The number of anilines is 1. The van der Waals surface area contributed by atoms with Gasteiger partial charge in [0.15, 0.2) is 0 Å². The van der Waals surface area contributed by atoms with Gasteiger partial charge in [-0.05, 0) is 64.1 Å². The number of hydrogen-bond donors (Lipinski definition) is 1. The molecule has 0 saturated carbocycles. The summed E-state index contributed by atoms with van der Waals surface area (Å²) in [6, 6.07) is 17.2. The number of ether oxygens (including phenoxy) is 1. The highest BCUT2D eigenvalue weighted by atomic mass is 35.5. The second-order valence-electron chi connectivity index (χ2n) is 9.37. The van der Waals surface area contributed by atoms with Gasteiger partial charge >= 0.3 is 6.09 Å². The number of nitrogens with zero attached hydrogens (tertiary/aromatic N) is 2. The number of amides is 2. The lowest BCUT2D eigenvalue weighted by Gasteiger charge is -2.41. The summed E-state index contributed by atoms with van der Waals surface area (Å²) in [6.07, 6.45) is 0.266. The van der Waals surface area contributed by atoms with Crippen molar-refractivity contribution < 1.29 is 14.3 Å².